The van der Waals surface area contributed by atoms with Crippen molar-refractivity contribution in [1.29, 1.82) is 0 Å². The molecule has 1 fully saturated rings. The van der Waals surface area contributed by atoms with E-state index in [1.54, 1.807) is 24.3 Å². The van der Waals surface area contributed by atoms with Crippen LogP contribution in [0.25, 0.3) is 11.4 Å². The first-order valence-corrected chi connectivity index (χ1v) is 11.3. The van der Waals surface area contributed by atoms with E-state index in [9.17, 15) is 13.2 Å². The molecule has 0 bridgehead atoms. The molecule has 0 aliphatic carbocycles. The van der Waals surface area contributed by atoms with E-state index in [1.165, 1.54) is 4.31 Å². The van der Waals surface area contributed by atoms with Gasteiger partial charge in [-0.1, -0.05) is 11.8 Å². The van der Waals surface area contributed by atoms with Crippen molar-refractivity contribution in [2.45, 2.75) is 23.5 Å². The van der Waals surface area contributed by atoms with Crippen LogP contribution in [-0.4, -0.2) is 82.4 Å². The largest absolute Gasteiger partial charge is 0.481 e. The van der Waals surface area contributed by atoms with Crippen LogP contribution in [-0.2, 0) is 21.4 Å². The summed E-state index contributed by atoms with van der Waals surface area (Å²) in [6.07, 6.45) is 0. The zero-order valence-electron chi connectivity index (χ0n) is 15.8. The number of aromatic nitrogens is 3. The fourth-order valence-electron chi connectivity index (χ4n) is 2.97. The second-order valence-corrected chi connectivity index (χ2v) is 9.35. The average Bonchev–Trinajstić information content (AvgIpc) is 3.09. The Kier molecular flexibility index (Phi) is 6.38. The van der Waals surface area contributed by atoms with Crippen molar-refractivity contribution in [3.8, 4) is 11.4 Å². The maximum atomic E-state index is 12.8. The summed E-state index contributed by atoms with van der Waals surface area (Å²) in [5.41, 5.74) is 0.730. The second kappa shape index (κ2) is 8.60. The van der Waals surface area contributed by atoms with Gasteiger partial charge in [0.05, 0.1) is 10.6 Å². The van der Waals surface area contributed by atoms with Gasteiger partial charge in [0.25, 0.3) is 0 Å². The predicted molar refractivity (Wildman–Crippen MR) is 106 cm³/mol. The van der Waals surface area contributed by atoms with Crippen molar-refractivity contribution < 1.29 is 18.3 Å². The minimum atomic E-state index is -3.52. The highest BCUT2D eigenvalue weighted by molar-refractivity contribution is 7.99. The van der Waals surface area contributed by atoms with Gasteiger partial charge in [0.15, 0.2) is 11.0 Å². The number of thioether (sulfide) groups is 1. The zero-order valence-corrected chi connectivity index (χ0v) is 17.4. The smallest absolute Gasteiger partial charge is 0.313 e. The Hall–Kier alpha value is -1.95. The van der Waals surface area contributed by atoms with Gasteiger partial charge in [0.2, 0.25) is 10.0 Å². The summed E-state index contributed by atoms with van der Waals surface area (Å²) in [7, 11) is -1.54. The molecule has 28 heavy (non-hydrogen) atoms. The van der Waals surface area contributed by atoms with Crippen LogP contribution in [0.2, 0.25) is 0 Å². The number of carboxylic acid groups (broad SMARTS) is 1. The number of benzene rings is 1. The van der Waals surface area contributed by atoms with E-state index < -0.39 is 16.0 Å². The second-order valence-electron chi connectivity index (χ2n) is 6.46. The number of aliphatic carboxylic acids is 1. The Balaban J connectivity index is 1.82. The number of hydrogen-bond donors (Lipinski definition) is 1. The van der Waals surface area contributed by atoms with Gasteiger partial charge in [-0.25, -0.2) is 8.42 Å². The van der Waals surface area contributed by atoms with Crippen LogP contribution in [0.1, 0.15) is 6.92 Å². The van der Waals surface area contributed by atoms with Gasteiger partial charge in [0, 0.05) is 38.3 Å². The third kappa shape index (κ3) is 4.37. The van der Waals surface area contributed by atoms with Crippen molar-refractivity contribution in [2.24, 2.45) is 0 Å². The standard InChI is InChI=1S/C17H23N5O4S2/c1-3-22-16(18-19-17(22)27-12-15(23)24)13-4-6-14(7-5-13)28(25,26)21-10-8-20(2)9-11-21/h4-7H,3,8-12H2,1-2H3,(H,23,24). The van der Waals surface area contributed by atoms with Crippen molar-refractivity contribution >= 4 is 27.8 Å². The van der Waals surface area contributed by atoms with Crippen LogP contribution >= 0.6 is 11.8 Å². The molecule has 0 saturated carbocycles. The lowest BCUT2D eigenvalue weighted by Crippen LogP contribution is -2.46. The molecule has 1 aromatic carbocycles. The minimum Gasteiger partial charge on any atom is -0.481 e. The highest BCUT2D eigenvalue weighted by atomic mass is 32.2. The van der Waals surface area contributed by atoms with Gasteiger partial charge in [-0.15, -0.1) is 10.2 Å². The van der Waals surface area contributed by atoms with Crippen molar-refractivity contribution in [1.82, 2.24) is 24.0 Å². The lowest BCUT2D eigenvalue weighted by molar-refractivity contribution is -0.133. The molecular formula is C17H23N5O4S2. The molecule has 1 N–H and O–H groups in total. The number of likely N-dealkylation sites (N-methyl/N-ethyl adjacent to an activating group) is 1. The molecule has 1 saturated heterocycles. The molecular weight excluding hydrogens is 402 g/mol. The number of hydrogen-bond acceptors (Lipinski definition) is 7. The summed E-state index contributed by atoms with van der Waals surface area (Å²) in [6, 6.07) is 6.60. The molecule has 2 aromatic rings. The molecule has 0 radical (unpaired) electrons. The number of nitrogens with zero attached hydrogens (tertiary/aromatic N) is 5. The van der Waals surface area contributed by atoms with Gasteiger partial charge in [0.1, 0.15) is 0 Å². The van der Waals surface area contributed by atoms with E-state index in [-0.39, 0.29) is 10.6 Å². The first-order chi connectivity index (χ1) is 13.3. The van der Waals surface area contributed by atoms with E-state index in [2.05, 4.69) is 15.1 Å². The maximum absolute atomic E-state index is 12.8. The normalized spacial score (nSPS) is 16.4. The average molecular weight is 426 g/mol. The summed E-state index contributed by atoms with van der Waals surface area (Å²) < 4.78 is 29.0. The Morgan fingerprint density at radius 1 is 1.14 bits per heavy atom. The lowest BCUT2D eigenvalue weighted by atomic mass is 10.2. The van der Waals surface area contributed by atoms with Crippen LogP contribution in [0, 0.1) is 0 Å². The molecule has 9 nitrogen and oxygen atoms in total. The van der Waals surface area contributed by atoms with Gasteiger partial charge in [-0.2, -0.15) is 4.31 Å². The molecule has 0 spiro atoms. The van der Waals surface area contributed by atoms with E-state index in [4.69, 9.17) is 5.11 Å². The van der Waals surface area contributed by atoms with E-state index in [1.807, 2.05) is 18.5 Å². The zero-order chi connectivity index (χ0) is 20.3. The number of rotatable bonds is 7. The highest BCUT2D eigenvalue weighted by Gasteiger charge is 2.27. The van der Waals surface area contributed by atoms with Gasteiger partial charge >= 0.3 is 5.97 Å². The first-order valence-electron chi connectivity index (χ1n) is 8.90. The van der Waals surface area contributed by atoms with Crippen LogP contribution in [0.3, 0.4) is 0 Å². The molecule has 11 heteroatoms. The Labute approximate surface area is 168 Å². The predicted octanol–water partition coefficient (Wildman–Crippen LogP) is 1.08. The van der Waals surface area contributed by atoms with Crippen molar-refractivity contribution in [3.05, 3.63) is 24.3 Å². The molecule has 0 unspecified atom stereocenters. The fraction of sp³-hybridized carbons (Fsp3) is 0.471. The molecule has 1 aliphatic heterocycles. The SMILES string of the molecule is CCn1c(SCC(=O)O)nnc1-c1ccc(S(=O)(=O)N2CCN(C)CC2)cc1. The van der Waals surface area contributed by atoms with Crippen LogP contribution in [0.4, 0.5) is 0 Å². The summed E-state index contributed by atoms with van der Waals surface area (Å²) in [6.45, 7) is 4.89. The molecule has 0 atom stereocenters. The quantitative estimate of drug-likeness (QED) is 0.657. The van der Waals surface area contributed by atoms with Crippen molar-refractivity contribution in [2.75, 3.05) is 39.0 Å². The monoisotopic (exact) mass is 425 g/mol. The topological polar surface area (TPSA) is 109 Å². The third-order valence-corrected chi connectivity index (χ3v) is 7.43. The maximum Gasteiger partial charge on any atom is 0.313 e. The van der Waals surface area contributed by atoms with Crippen LogP contribution in [0.5, 0.6) is 0 Å². The number of carbonyl (C=O) groups is 1. The Morgan fingerprint density at radius 2 is 1.79 bits per heavy atom. The summed E-state index contributed by atoms with van der Waals surface area (Å²) in [4.78, 5) is 13.1. The minimum absolute atomic E-state index is 0.0969. The number of carboxylic acids is 1. The molecule has 1 aliphatic rings. The molecule has 3 rings (SSSR count). The molecule has 0 amide bonds. The Morgan fingerprint density at radius 3 is 2.36 bits per heavy atom. The summed E-state index contributed by atoms with van der Waals surface area (Å²) in [5.74, 6) is -0.435. The van der Waals surface area contributed by atoms with E-state index in [0.717, 1.165) is 17.3 Å². The van der Waals surface area contributed by atoms with Gasteiger partial charge in [-0.05, 0) is 38.2 Å². The number of piperazine rings is 1. The van der Waals surface area contributed by atoms with Gasteiger partial charge < -0.3 is 14.6 Å². The summed E-state index contributed by atoms with van der Waals surface area (Å²) in [5, 5.41) is 17.6. The molecule has 2 heterocycles. The highest BCUT2D eigenvalue weighted by Crippen LogP contribution is 2.26. The van der Waals surface area contributed by atoms with Crippen molar-refractivity contribution in [3.63, 3.8) is 0 Å². The van der Waals surface area contributed by atoms with Crippen LogP contribution in [0.15, 0.2) is 34.3 Å². The number of sulfonamides is 1. The van der Waals surface area contributed by atoms with E-state index in [0.29, 0.717) is 43.7 Å². The first kappa shape index (κ1) is 20.8. The fourth-order valence-corrected chi connectivity index (χ4v) is 5.12. The Bertz CT molecular complexity index is 935. The lowest BCUT2D eigenvalue weighted by Gasteiger charge is -2.31. The molecule has 152 valence electrons. The van der Waals surface area contributed by atoms with E-state index >= 15 is 0 Å². The van der Waals surface area contributed by atoms with Gasteiger partial charge in [-0.3, -0.25) is 4.79 Å². The van der Waals surface area contributed by atoms with Crippen LogP contribution < -0.4 is 0 Å². The summed E-state index contributed by atoms with van der Waals surface area (Å²) >= 11 is 1.10. The molecule has 1 aromatic heterocycles. The third-order valence-electron chi connectivity index (χ3n) is 4.57.